The van der Waals surface area contributed by atoms with E-state index >= 15 is 0 Å². The van der Waals surface area contributed by atoms with Gasteiger partial charge in [0.1, 0.15) is 11.5 Å². The molecule has 0 saturated carbocycles. The van der Waals surface area contributed by atoms with Crippen LogP contribution in [0.3, 0.4) is 0 Å². The minimum atomic E-state index is 0.744. The van der Waals surface area contributed by atoms with Gasteiger partial charge in [0.15, 0.2) is 0 Å². The lowest BCUT2D eigenvalue weighted by Crippen LogP contribution is -2.11. The Balaban J connectivity index is 2.41. The maximum Gasteiger partial charge on any atom is 0.118 e. The van der Waals surface area contributed by atoms with Crippen molar-refractivity contribution in [3.05, 3.63) is 34.8 Å². The minimum absolute atomic E-state index is 0.744. The van der Waals surface area contributed by atoms with Crippen molar-refractivity contribution in [2.45, 2.75) is 32.6 Å². The molecule has 1 unspecified atom stereocenters. The number of hydrogen-bond acceptors (Lipinski definition) is 2. The average Bonchev–Trinajstić information content (AvgIpc) is 2.47. The molecule has 0 aliphatic heterocycles. The predicted octanol–water partition coefficient (Wildman–Crippen LogP) is 3.57. The van der Waals surface area contributed by atoms with Crippen LogP contribution in [0.25, 0.3) is 0 Å². The molecule has 16 heavy (non-hydrogen) atoms. The van der Waals surface area contributed by atoms with E-state index in [2.05, 4.69) is 19.1 Å². The molecule has 2 heteroatoms. The zero-order valence-corrected chi connectivity index (χ0v) is 10.4. The van der Waals surface area contributed by atoms with Gasteiger partial charge in [0.2, 0.25) is 0 Å². The van der Waals surface area contributed by atoms with Gasteiger partial charge in [0, 0.05) is 11.1 Å². The van der Waals surface area contributed by atoms with Crippen LogP contribution in [0.15, 0.2) is 34.8 Å². The van der Waals surface area contributed by atoms with Crippen molar-refractivity contribution in [2.75, 3.05) is 14.2 Å². The summed E-state index contributed by atoms with van der Waals surface area (Å²) in [6.45, 7) is 2.30. The lowest BCUT2D eigenvalue weighted by atomic mass is 9.83. The van der Waals surface area contributed by atoms with Crippen LogP contribution < -0.4 is 0 Å². The summed E-state index contributed by atoms with van der Waals surface area (Å²) in [5.41, 5.74) is 2.71. The van der Waals surface area contributed by atoms with Crippen LogP contribution in [0, 0.1) is 5.92 Å². The van der Waals surface area contributed by atoms with Crippen molar-refractivity contribution >= 4 is 0 Å². The molecule has 0 aromatic carbocycles. The third kappa shape index (κ3) is 2.01. The Hall–Kier alpha value is -1.18. The van der Waals surface area contributed by atoms with E-state index in [-0.39, 0.29) is 0 Å². The molecule has 0 bridgehead atoms. The van der Waals surface area contributed by atoms with Crippen LogP contribution in [0.2, 0.25) is 0 Å². The van der Waals surface area contributed by atoms with Gasteiger partial charge < -0.3 is 9.47 Å². The second kappa shape index (κ2) is 4.77. The second-order valence-corrected chi connectivity index (χ2v) is 4.59. The average molecular weight is 220 g/mol. The molecule has 1 atom stereocenters. The number of allylic oxidation sites excluding steroid dienone is 4. The van der Waals surface area contributed by atoms with Gasteiger partial charge >= 0.3 is 0 Å². The molecular weight excluding hydrogens is 200 g/mol. The number of rotatable bonds is 2. The van der Waals surface area contributed by atoms with Gasteiger partial charge in [-0.15, -0.1) is 0 Å². The van der Waals surface area contributed by atoms with Crippen LogP contribution in [-0.2, 0) is 9.47 Å². The molecule has 0 saturated heterocycles. The molecular formula is C14H20O2. The van der Waals surface area contributed by atoms with Gasteiger partial charge in [-0.05, 0) is 43.8 Å². The molecule has 0 heterocycles. The fraction of sp³-hybridized carbons (Fsp3) is 0.571. The fourth-order valence-electron chi connectivity index (χ4n) is 2.57. The Bertz CT molecular complexity index is 361. The van der Waals surface area contributed by atoms with Gasteiger partial charge in [0.25, 0.3) is 0 Å². The Morgan fingerprint density at radius 2 is 1.69 bits per heavy atom. The van der Waals surface area contributed by atoms with E-state index in [0.29, 0.717) is 0 Å². The molecule has 0 amide bonds. The topological polar surface area (TPSA) is 18.5 Å². The summed E-state index contributed by atoms with van der Waals surface area (Å²) < 4.78 is 11.0. The fourth-order valence-corrected chi connectivity index (χ4v) is 2.57. The lowest BCUT2D eigenvalue weighted by Gasteiger charge is -2.26. The van der Waals surface area contributed by atoms with Crippen LogP contribution in [0.5, 0.6) is 0 Å². The van der Waals surface area contributed by atoms with Crippen LogP contribution in [-0.4, -0.2) is 14.2 Å². The molecule has 0 spiro atoms. The Morgan fingerprint density at radius 1 is 1.06 bits per heavy atom. The smallest absolute Gasteiger partial charge is 0.118 e. The van der Waals surface area contributed by atoms with Crippen molar-refractivity contribution in [1.29, 1.82) is 0 Å². The van der Waals surface area contributed by atoms with E-state index < -0.39 is 0 Å². The zero-order valence-electron chi connectivity index (χ0n) is 10.4. The third-order valence-corrected chi connectivity index (χ3v) is 3.45. The first-order valence-electron chi connectivity index (χ1n) is 5.97. The maximum absolute atomic E-state index is 5.50. The summed E-state index contributed by atoms with van der Waals surface area (Å²) in [7, 11) is 3.51. The van der Waals surface area contributed by atoms with E-state index in [1.54, 1.807) is 14.2 Å². The Labute approximate surface area is 97.6 Å². The highest BCUT2D eigenvalue weighted by Crippen LogP contribution is 2.38. The van der Waals surface area contributed by atoms with E-state index in [1.807, 2.05) is 0 Å². The van der Waals surface area contributed by atoms with Crippen molar-refractivity contribution in [1.82, 2.24) is 0 Å². The maximum atomic E-state index is 5.50. The van der Waals surface area contributed by atoms with Gasteiger partial charge in [-0.2, -0.15) is 0 Å². The highest BCUT2D eigenvalue weighted by atomic mass is 16.5. The van der Waals surface area contributed by atoms with E-state index in [0.717, 1.165) is 36.7 Å². The van der Waals surface area contributed by atoms with E-state index in [9.17, 15) is 0 Å². The van der Waals surface area contributed by atoms with Crippen LogP contribution in [0.4, 0.5) is 0 Å². The Kier molecular flexibility index (Phi) is 3.37. The van der Waals surface area contributed by atoms with E-state index in [1.165, 1.54) is 17.6 Å². The molecule has 2 nitrogen and oxygen atoms in total. The van der Waals surface area contributed by atoms with Gasteiger partial charge in [0.05, 0.1) is 14.2 Å². The highest BCUT2D eigenvalue weighted by Gasteiger charge is 2.25. The molecule has 0 radical (unpaired) electrons. The normalized spacial score (nSPS) is 25.3. The van der Waals surface area contributed by atoms with Gasteiger partial charge in [-0.1, -0.05) is 6.92 Å². The highest BCUT2D eigenvalue weighted by molar-refractivity contribution is 5.44. The van der Waals surface area contributed by atoms with Crippen molar-refractivity contribution in [3.63, 3.8) is 0 Å². The summed E-state index contributed by atoms with van der Waals surface area (Å²) in [5, 5.41) is 0. The van der Waals surface area contributed by atoms with E-state index in [4.69, 9.17) is 9.47 Å². The number of hydrogen-bond donors (Lipinski definition) is 0. The summed E-state index contributed by atoms with van der Waals surface area (Å²) in [5.74, 6) is 2.84. The Morgan fingerprint density at radius 3 is 2.31 bits per heavy atom. The van der Waals surface area contributed by atoms with Gasteiger partial charge in [-0.25, -0.2) is 0 Å². The molecule has 0 aromatic rings. The molecule has 2 aliphatic carbocycles. The molecule has 2 aliphatic rings. The molecule has 2 rings (SSSR count). The monoisotopic (exact) mass is 220 g/mol. The summed E-state index contributed by atoms with van der Waals surface area (Å²) >= 11 is 0. The summed E-state index contributed by atoms with van der Waals surface area (Å²) in [6, 6.07) is 0. The number of methoxy groups -OCH3 is 2. The largest absolute Gasteiger partial charge is 0.497 e. The van der Waals surface area contributed by atoms with Gasteiger partial charge in [-0.3, -0.25) is 0 Å². The summed E-state index contributed by atoms with van der Waals surface area (Å²) in [6.07, 6.45) is 8.66. The molecule has 88 valence electrons. The SMILES string of the molecule is COC1=CCC=C(OC)C2=C1CCC(C)C2. The zero-order chi connectivity index (χ0) is 11.5. The third-order valence-electron chi connectivity index (χ3n) is 3.45. The molecule has 0 aromatic heterocycles. The predicted molar refractivity (Wildman–Crippen MR) is 64.8 cm³/mol. The van der Waals surface area contributed by atoms with Crippen molar-refractivity contribution in [3.8, 4) is 0 Å². The molecule has 0 N–H and O–H groups in total. The van der Waals surface area contributed by atoms with Crippen molar-refractivity contribution < 1.29 is 9.47 Å². The standard InChI is InChI=1S/C14H20O2/c1-10-7-8-11-12(9-10)14(16-3)6-4-5-13(11)15-2/h5-6,10H,4,7-9H2,1-3H3. The summed E-state index contributed by atoms with van der Waals surface area (Å²) in [4.78, 5) is 0. The first-order chi connectivity index (χ1) is 7.76. The number of ether oxygens (including phenoxy) is 2. The lowest BCUT2D eigenvalue weighted by molar-refractivity contribution is 0.278. The first kappa shape index (κ1) is 11.3. The van der Waals surface area contributed by atoms with Crippen LogP contribution in [0.1, 0.15) is 32.6 Å². The quantitative estimate of drug-likeness (QED) is 0.708. The molecule has 0 fully saturated rings. The second-order valence-electron chi connectivity index (χ2n) is 4.59. The van der Waals surface area contributed by atoms with Crippen molar-refractivity contribution in [2.24, 2.45) is 5.92 Å². The minimum Gasteiger partial charge on any atom is -0.497 e. The van der Waals surface area contributed by atoms with Crippen LogP contribution >= 0.6 is 0 Å². The first-order valence-corrected chi connectivity index (χ1v) is 5.97.